The topological polar surface area (TPSA) is 14.2 Å². The van der Waals surface area contributed by atoms with Crippen LogP contribution in [0.1, 0.15) is 0 Å². The normalized spacial score (nSPS) is 11.7. The van der Waals surface area contributed by atoms with Gasteiger partial charge in [0.05, 0.1) is 28.6 Å². The van der Waals surface area contributed by atoms with Crippen LogP contribution in [0, 0.1) is 6.57 Å². The molecule has 0 radical (unpaired) electrons. The van der Waals surface area contributed by atoms with Crippen molar-refractivity contribution in [2.75, 3.05) is 0 Å². The molecule has 222 valence electrons. The van der Waals surface area contributed by atoms with Crippen LogP contribution in [0.5, 0.6) is 0 Å². The molecule has 0 unspecified atom stereocenters. The molecule has 10 rings (SSSR count). The maximum absolute atomic E-state index is 7.60. The molecule has 3 nitrogen and oxygen atoms in total. The van der Waals surface area contributed by atoms with Crippen LogP contribution in [0.3, 0.4) is 0 Å². The first-order valence-corrected chi connectivity index (χ1v) is 16.2. The molecule has 0 N–H and O–H groups in total. The predicted molar refractivity (Wildman–Crippen MR) is 202 cm³/mol. The molecule has 2 heterocycles. The minimum absolute atomic E-state index is 0.658. The molecule has 0 aliphatic heterocycles. The zero-order chi connectivity index (χ0) is 31.8. The van der Waals surface area contributed by atoms with Crippen LogP contribution >= 0.6 is 0 Å². The highest BCUT2D eigenvalue weighted by molar-refractivity contribution is 6.17. The molecule has 0 atom stereocenters. The van der Waals surface area contributed by atoms with Gasteiger partial charge in [0.15, 0.2) is 5.69 Å². The van der Waals surface area contributed by atoms with E-state index in [9.17, 15) is 0 Å². The fourth-order valence-electron chi connectivity index (χ4n) is 7.77. The first kappa shape index (κ1) is 26.6. The summed E-state index contributed by atoms with van der Waals surface area (Å²) < 4.78 is 4.78. The van der Waals surface area contributed by atoms with Gasteiger partial charge in [0.1, 0.15) is 0 Å². The highest BCUT2D eigenvalue weighted by atomic mass is 15.0. The Kier molecular flexibility index (Phi) is 5.64. The molecule has 2 aromatic heterocycles. The Bertz CT molecular complexity index is 2950. The number of rotatable bonds is 3. The van der Waals surface area contributed by atoms with Crippen molar-refractivity contribution in [3.8, 4) is 22.5 Å². The van der Waals surface area contributed by atoms with E-state index in [0.29, 0.717) is 5.69 Å². The number of hydrogen-bond acceptors (Lipinski definition) is 0. The number of para-hydroxylation sites is 3. The van der Waals surface area contributed by atoms with E-state index < -0.39 is 0 Å². The summed E-state index contributed by atoms with van der Waals surface area (Å²) in [5, 5.41) is 9.52. The lowest BCUT2D eigenvalue weighted by atomic mass is 9.98. The minimum Gasteiger partial charge on any atom is -0.309 e. The van der Waals surface area contributed by atoms with Crippen LogP contribution < -0.4 is 0 Å². The Morgan fingerprint density at radius 2 is 1.02 bits per heavy atom. The molecule has 0 spiro atoms. The number of hydrogen-bond donors (Lipinski definition) is 0. The fraction of sp³-hybridized carbons (Fsp3) is 0. The Morgan fingerprint density at radius 3 is 1.83 bits per heavy atom. The van der Waals surface area contributed by atoms with E-state index in [2.05, 4.69) is 166 Å². The van der Waals surface area contributed by atoms with Crippen molar-refractivity contribution < 1.29 is 0 Å². The smallest absolute Gasteiger partial charge is 0.187 e. The van der Waals surface area contributed by atoms with E-state index in [1.165, 1.54) is 54.7 Å². The van der Waals surface area contributed by atoms with Crippen molar-refractivity contribution in [3.05, 3.63) is 175 Å². The molecule has 0 fully saturated rings. The molecule has 0 bridgehead atoms. The average Bonchev–Trinajstić information content (AvgIpc) is 3.67. The summed E-state index contributed by atoms with van der Waals surface area (Å²) in [6.45, 7) is 7.60. The lowest BCUT2D eigenvalue weighted by Gasteiger charge is -2.12. The van der Waals surface area contributed by atoms with Gasteiger partial charge in [-0.05, 0) is 87.3 Å². The van der Waals surface area contributed by atoms with Crippen LogP contribution in [0.15, 0.2) is 164 Å². The van der Waals surface area contributed by atoms with Crippen LogP contribution in [0.25, 0.3) is 92.5 Å². The highest BCUT2D eigenvalue weighted by Crippen LogP contribution is 2.41. The second kappa shape index (κ2) is 10.2. The van der Waals surface area contributed by atoms with E-state index >= 15 is 0 Å². The Balaban J connectivity index is 1.25. The van der Waals surface area contributed by atoms with Gasteiger partial charge in [-0.2, -0.15) is 0 Å². The Morgan fingerprint density at radius 1 is 0.396 bits per heavy atom. The van der Waals surface area contributed by atoms with E-state index in [4.69, 9.17) is 6.57 Å². The Hall–Kier alpha value is -6.63. The van der Waals surface area contributed by atoms with Crippen molar-refractivity contribution in [2.45, 2.75) is 0 Å². The molecule has 0 aliphatic rings. The maximum atomic E-state index is 7.60. The van der Waals surface area contributed by atoms with Gasteiger partial charge in [-0.3, -0.25) is 0 Å². The fourth-order valence-corrected chi connectivity index (χ4v) is 7.77. The Labute approximate surface area is 276 Å². The third kappa shape index (κ3) is 3.81. The zero-order valence-corrected chi connectivity index (χ0v) is 25.9. The summed E-state index contributed by atoms with van der Waals surface area (Å²) in [7, 11) is 0. The summed E-state index contributed by atoms with van der Waals surface area (Å²) in [4.78, 5) is 3.72. The van der Waals surface area contributed by atoms with Crippen LogP contribution in [-0.2, 0) is 0 Å². The summed E-state index contributed by atoms with van der Waals surface area (Å²) in [6.07, 6.45) is 0. The number of aromatic nitrogens is 2. The van der Waals surface area contributed by atoms with E-state index in [-0.39, 0.29) is 0 Å². The number of benzene rings is 8. The molecule has 8 aromatic carbocycles. The van der Waals surface area contributed by atoms with Gasteiger partial charge in [0.2, 0.25) is 0 Å². The summed E-state index contributed by atoms with van der Waals surface area (Å²) >= 11 is 0. The summed E-state index contributed by atoms with van der Waals surface area (Å²) in [5.41, 5.74) is 10.0. The number of nitrogens with zero attached hydrogens (tertiary/aromatic N) is 3. The quantitative estimate of drug-likeness (QED) is 0.140. The van der Waals surface area contributed by atoms with E-state index in [0.717, 1.165) is 32.9 Å². The maximum Gasteiger partial charge on any atom is 0.187 e. The molecule has 10 aromatic rings. The number of fused-ring (bicyclic) bond motifs is 9. The van der Waals surface area contributed by atoms with Crippen molar-refractivity contribution in [3.63, 3.8) is 0 Å². The molecule has 3 heteroatoms. The lowest BCUT2D eigenvalue weighted by Crippen LogP contribution is -1.94. The molecular weight excluding hydrogens is 583 g/mol. The lowest BCUT2D eigenvalue weighted by molar-refractivity contribution is 1.18. The minimum atomic E-state index is 0.658. The average molecular weight is 610 g/mol. The first-order chi connectivity index (χ1) is 23.8. The van der Waals surface area contributed by atoms with Crippen LogP contribution in [-0.4, -0.2) is 9.13 Å². The molecule has 0 saturated carbocycles. The third-order valence-electron chi connectivity index (χ3n) is 9.89. The second-order valence-corrected chi connectivity index (χ2v) is 12.5. The van der Waals surface area contributed by atoms with Gasteiger partial charge in [0.25, 0.3) is 0 Å². The van der Waals surface area contributed by atoms with Crippen molar-refractivity contribution in [2.24, 2.45) is 0 Å². The summed E-state index contributed by atoms with van der Waals surface area (Å²) in [5.74, 6) is 0. The van der Waals surface area contributed by atoms with Gasteiger partial charge in [-0.25, -0.2) is 4.85 Å². The van der Waals surface area contributed by atoms with Gasteiger partial charge >= 0.3 is 0 Å². The van der Waals surface area contributed by atoms with Gasteiger partial charge in [-0.1, -0.05) is 109 Å². The van der Waals surface area contributed by atoms with Crippen molar-refractivity contribution in [1.82, 2.24) is 9.13 Å². The molecular formula is C45H27N3. The van der Waals surface area contributed by atoms with E-state index in [1.807, 2.05) is 12.1 Å². The monoisotopic (exact) mass is 609 g/mol. The van der Waals surface area contributed by atoms with Gasteiger partial charge in [-0.15, -0.1) is 0 Å². The third-order valence-corrected chi connectivity index (χ3v) is 9.89. The largest absolute Gasteiger partial charge is 0.309 e. The van der Waals surface area contributed by atoms with Crippen LogP contribution in [0.2, 0.25) is 0 Å². The molecule has 0 aliphatic carbocycles. The van der Waals surface area contributed by atoms with Gasteiger partial charge < -0.3 is 9.13 Å². The zero-order valence-electron chi connectivity index (χ0n) is 25.9. The first-order valence-electron chi connectivity index (χ1n) is 16.2. The van der Waals surface area contributed by atoms with Crippen molar-refractivity contribution >= 4 is 70.8 Å². The molecule has 0 saturated heterocycles. The second-order valence-electron chi connectivity index (χ2n) is 12.5. The predicted octanol–water partition coefficient (Wildman–Crippen LogP) is 12.4. The SMILES string of the molecule is [C-]#[N+]c1ccc2ccc3ccc(-n4c5ccccc5c5c(-c6ccc7c8ccccc8n(-c8ccccc8)c7c6)cccc54)cc3c2c1. The molecule has 0 amide bonds. The highest BCUT2D eigenvalue weighted by Gasteiger charge is 2.18. The van der Waals surface area contributed by atoms with E-state index in [1.54, 1.807) is 0 Å². The van der Waals surface area contributed by atoms with Crippen molar-refractivity contribution in [1.29, 1.82) is 0 Å². The van der Waals surface area contributed by atoms with Gasteiger partial charge in [0, 0.05) is 32.9 Å². The summed E-state index contributed by atoms with van der Waals surface area (Å²) in [6, 6.07) is 58.7. The standard InChI is InChI=1S/C45H27N3/c1-46-32-23-20-29-18-19-30-21-24-34(28-40(30)39(29)27-32)48-42-16-8-6-13-38(42)45-35(14-9-17-43(45)48)31-22-25-37-36-12-5-7-15-41(36)47(44(37)26-31)33-10-3-2-4-11-33/h2-28H. The molecule has 48 heavy (non-hydrogen) atoms. The van der Waals surface area contributed by atoms with Crippen LogP contribution in [0.4, 0.5) is 5.69 Å².